The Morgan fingerprint density at radius 1 is 1.05 bits per heavy atom. The lowest BCUT2D eigenvalue weighted by Crippen LogP contribution is -2.22. The Labute approximate surface area is 121 Å². The summed E-state index contributed by atoms with van der Waals surface area (Å²) < 4.78 is 10.8. The average Bonchev–Trinajstić information content (AvgIpc) is 2.78. The smallest absolute Gasteiger partial charge is 0.118 e. The van der Waals surface area contributed by atoms with Gasteiger partial charge in [-0.25, -0.2) is 0 Å². The lowest BCUT2D eigenvalue weighted by molar-refractivity contribution is 0.414. The van der Waals surface area contributed by atoms with Crippen molar-refractivity contribution in [1.82, 2.24) is 5.32 Å². The fraction of sp³-hybridized carbons (Fsp3) is 0.412. The molecule has 0 spiro atoms. The predicted octanol–water partition coefficient (Wildman–Crippen LogP) is 4.32. The molecule has 0 bridgehead atoms. The molecular weight excluding hydrogens is 250 g/mol. The van der Waals surface area contributed by atoms with E-state index < -0.39 is 0 Å². The van der Waals surface area contributed by atoms with E-state index in [-0.39, 0.29) is 12.1 Å². The molecule has 0 fully saturated rings. The maximum atomic E-state index is 5.60. The summed E-state index contributed by atoms with van der Waals surface area (Å²) in [4.78, 5) is 0. The quantitative estimate of drug-likeness (QED) is 0.881. The van der Waals surface area contributed by atoms with Crippen LogP contribution in [0.1, 0.15) is 48.6 Å². The Bertz CT molecular complexity index is 557. The number of hydrogen-bond acceptors (Lipinski definition) is 3. The van der Waals surface area contributed by atoms with Crippen LogP contribution >= 0.6 is 0 Å². The maximum absolute atomic E-state index is 5.60. The van der Waals surface area contributed by atoms with Crippen molar-refractivity contribution in [2.75, 3.05) is 7.11 Å². The summed E-state index contributed by atoms with van der Waals surface area (Å²) in [5.41, 5.74) is 2.47. The number of hydrogen-bond donors (Lipinski definition) is 1. The van der Waals surface area contributed by atoms with Crippen molar-refractivity contribution >= 4 is 0 Å². The van der Waals surface area contributed by atoms with Crippen LogP contribution in [-0.4, -0.2) is 7.11 Å². The van der Waals surface area contributed by atoms with Gasteiger partial charge in [-0.05, 0) is 51.5 Å². The summed E-state index contributed by atoms with van der Waals surface area (Å²) in [5, 5.41) is 3.60. The van der Waals surface area contributed by atoms with Crippen molar-refractivity contribution < 1.29 is 9.15 Å². The van der Waals surface area contributed by atoms with E-state index in [0.29, 0.717) is 0 Å². The van der Waals surface area contributed by atoms with Crippen LogP contribution in [-0.2, 0) is 0 Å². The third-order valence-corrected chi connectivity index (χ3v) is 3.66. The van der Waals surface area contributed by atoms with Gasteiger partial charge in [0.25, 0.3) is 0 Å². The van der Waals surface area contributed by atoms with Gasteiger partial charge in [0.05, 0.1) is 7.11 Å². The van der Waals surface area contributed by atoms with Crippen LogP contribution in [0.3, 0.4) is 0 Å². The second-order valence-corrected chi connectivity index (χ2v) is 5.25. The van der Waals surface area contributed by atoms with Crippen LogP contribution in [0.4, 0.5) is 0 Å². The van der Waals surface area contributed by atoms with Gasteiger partial charge in [0.15, 0.2) is 0 Å². The first kappa shape index (κ1) is 14.7. The van der Waals surface area contributed by atoms with Gasteiger partial charge in [0.1, 0.15) is 17.3 Å². The summed E-state index contributed by atoms with van der Waals surface area (Å²) in [6.45, 7) is 8.33. The zero-order chi connectivity index (χ0) is 14.7. The van der Waals surface area contributed by atoms with Crippen molar-refractivity contribution in [2.45, 2.75) is 39.8 Å². The van der Waals surface area contributed by atoms with Crippen molar-refractivity contribution in [2.24, 2.45) is 0 Å². The summed E-state index contributed by atoms with van der Waals surface area (Å²) in [7, 11) is 1.68. The van der Waals surface area contributed by atoms with Gasteiger partial charge in [0.2, 0.25) is 0 Å². The van der Waals surface area contributed by atoms with Gasteiger partial charge < -0.3 is 14.5 Å². The van der Waals surface area contributed by atoms with Gasteiger partial charge >= 0.3 is 0 Å². The van der Waals surface area contributed by atoms with E-state index in [2.05, 4.69) is 37.4 Å². The van der Waals surface area contributed by atoms with Crippen LogP contribution in [0.5, 0.6) is 5.75 Å². The molecule has 3 heteroatoms. The van der Waals surface area contributed by atoms with Gasteiger partial charge in [-0.3, -0.25) is 0 Å². The lowest BCUT2D eigenvalue weighted by Gasteiger charge is -2.20. The molecule has 0 saturated carbocycles. The van der Waals surface area contributed by atoms with E-state index in [1.165, 1.54) is 11.1 Å². The van der Waals surface area contributed by atoms with Crippen molar-refractivity contribution in [3.8, 4) is 5.75 Å². The fourth-order valence-corrected chi connectivity index (χ4v) is 2.53. The highest BCUT2D eigenvalue weighted by Crippen LogP contribution is 2.25. The largest absolute Gasteiger partial charge is 0.497 e. The number of aryl methyl sites for hydroxylation is 2. The molecule has 1 aromatic carbocycles. The Morgan fingerprint density at radius 3 is 2.20 bits per heavy atom. The molecule has 1 heterocycles. The average molecular weight is 273 g/mol. The normalized spacial score (nSPS) is 14.1. The van der Waals surface area contributed by atoms with Crippen molar-refractivity contribution in [1.29, 1.82) is 0 Å². The lowest BCUT2D eigenvalue weighted by atomic mass is 10.0. The molecule has 1 aromatic heterocycles. The highest BCUT2D eigenvalue weighted by Gasteiger charge is 2.15. The third-order valence-electron chi connectivity index (χ3n) is 3.66. The molecule has 108 valence electrons. The molecular formula is C17H23NO2. The summed E-state index contributed by atoms with van der Waals surface area (Å²) in [6.07, 6.45) is 0. The summed E-state index contributed by atoms with van der Waals surface area (Å²) in [6, 6.07) is 10.8. The fourth-order valence-electron chi connectivity index (χ4n) is 2.53. The summed E-state index contributed by atoms with van der Waals surface area (Å²) in [5.74, 6) is 2.84. The first-order valence-electron chi connectivity index (χ1n) is 6.98. The summed E-state index contributed by atoms with van der Waals surface area (Å²) >= 11 is 0. The van der Waals surface area contributed by atoms with Crippen LogP contribution < -0.4 is 10.1 Å². The molecule has 0 saturated heterocycles. The second-order valence-electron chi connectivity index (χ2n) is 5.25. The number of nitrogens with one attached hydrogen (secondary N) is 1. The predicted molar refractivity (Wildman–Crippen MR) is 81.1 cm³/mol. The van der Waals surface area contributed by atoms with Crippen LogP contribution in [0, 0.1) is 13.8 Å². The molecule has 3 nitrogen and oxygen atoms in total. The molecule has 2 atom stereocenters. The first-order chi connectivity index (χ1) is 9.51. The standard InChI is InChI=1S/C17H23NO2/c1-11-10-17(14(4)20-11)13(3)18-12(2)15-6-8-16(19-5)9-7-15/h6-10,12-13,18H,1-5H3/t12-,13?/m1/s1. The molecule has 0 aliphatic rings. The molecule has 20 heavy (non-hydrogen) atoms. The molecule has 1 N–H and O–H groups in total. The Kier molecular flexibility index (Phi) is 4.50. The topological polar surface area (TPSA) is 34.4 Å². The van der Waals surface area contributed by atoms with E-state index >= 15 is 0 Å². The molecule has 2 rings (SSSR count). The minimum absolute atomic E-state index is 0.254. The van der Waals surface area contributed by atoms with Gasteiger partial charge in [-0.15, -0.1) is 0 Å². The van der Waals surface area contributed by atoms with E-state index in [1.54, 1.807) is 7.11 Å². The zero-order valence-electron chi connectivity index (χ0n) is 12.9. The van der Waals surface area contributed by atoms with Gasteiger partial charge in [-0.1, -0.05) is 12.1 Å². The second kappa shape index (κ2) is 6.14. The number of rotatable bonds is 5. The SMILES string of the molecule is COc1ccc([C@@H](C)NC(C)c2cc(C)oc2C)cc1. The highest BCUT2D eigenvalue weighted by molar-refractivity contribution is 5.29. The number of ether oxygens (including phenoxy) is 1. The molecule has 0 radical (unpaired) electrons. The Morgan fingerprint density at radius 2 is 1.70 bits per heavy atom. The molecule has 0 aliphatic heterocycles. The minimum atomic E-state index is 0.254. The highest BCUT2D eigenvalue weighted by atomic mass is 16.5. The Balaban J connectivity index is 2.06. The monoisotopic (exact) mass is 273 g/mol. The van der Waals surface area contributed by atoms with Crippen LogP contribution in [0.15, 0.2) is 34.7 Å². The van der Waals surface area contributed by atoms with Gasteiger partial charge in [0, 0.05) is 17.6 Å². The van der Waals surface area contributed by atoms with Crippen molar-refractivity contribution in [3.63, 3.8) is 0 Å². The molecule has 0 aliphatic carbocycles. The van der Waals surface area contributed by atoms with Crippen LogP contribution in [0.25, 0.3) is 0 Å². The maximum Gasteiger partial charge on any atom is 0.118 e. The van der Waals surface area contributed by atoms with E-state index in [1.807, 2.05) is 26.0 Å². The van der Waals surface area contributed by atoms with E-state index in [0.717, 1.165) is 17.3 Å². The molecule has 1 unspecified atom stereocenters. The minimum Gasteiger partial charge on any atom is -0.497 e. The zero-order valence-corrected chi connectivity index (χ0v) is 12.9. The Hall–Kier alpha value is -1.74. The van der Waals surface area contributed by atoms with E-state index in [4.69, 9.17) is 9.15 Å². The number of benzene rings is 1. The van der Waals surface area contributed by atoms with Gasteiger partial charge in [-0.2, -0.15) is 0 Å². The van der Waals surface area contributed by atoms with Crippen LogP contribution in [0.2, 0.25) is 0 Å². The number of furan rings is 1. The number of methoxy groups -OCH3 is 1. The molecule has 2 aromatic rings. The third kappa shape index (κ3) is 3.23. The van der Waals surface area contributed by atoms with Crippen molar-refractivity contribution in [3.05, 3.63) is 53.0 Å². The molecule has 0 amide bonds. The first-order valence-corrected chi connectivity index (χ1v) is 6.98. The van der Waals surface area contributed by atoms with E-state index in [9.17, 15) is 0 Å².